The van der Waals surface area contributed by atoms with Crippen molar-refractivity contribution in [3.63, 3.8) is 0 Å². The highest BCUT2D eigenvalue weighted by Gasteiger charge is 2.31. The first-order valence-electron chi connectivity index (χ1n) is 8.78. The van der Waals surface area contributed by atoms with Crippen LogP contribution in [0.1, 0.15) is 22.5 Å². The van der Waals surface area contributed by atoms with Gasteiger partial charge in [-0.15, -0.1) is 5.10 Å². The molecule has 0 spiro atoms. The first-order chi connectivity index (χ1) is 13.5. The zero-order valence-corrected chi connectivity index (χ0v) is 15.7. The lowest BCUT2D eigenvalue weighted by molar-refractivity contribution is -0.111. The van der Waals surface area contributed by atoms with Crippen LogP contribution in [0.2, 0.25) is 0 Å². The summed E-state index contributed by atoms with van der Waals surface area (Å²) in [5.74, 6) is -0.483. The molecule has 4 rings (SSSR count). The molecule has 2 aromatic carbocycles. The number of aryl methyl sites for hydroxylation is 1. The second kappa shape index (κ2) is 6.84. The fourth-order valence-electron chi connectivity index (χ4n) is 3.27. The van der Waals surface area contributed by atoms with Gasteiger partial charge in [-0.25, -0.2) is 9.07 Å². The van der Waals surface area contributed by atoms with E-state index in [1.807, 2.05) is 38.1 Å². The smallest absolute Gasteiger partial charge is 0.279 e. The standard InChI is InChI=1S/C21H18FN5O/c1-13-18(14(2)27(25-13)16-10-8-15(22)9-11-16)12-23-24-20-17-6-4-5-7-19(17)26(3)21(20)28/h4-12H,1-3H3/b23-12-,24-20+. The highest BCUT2D eigenvalue weighted by Crippen LogP contribution is 2.27. The molecule has 0 atom stereocenters. The lowest BCUT2D eigenvalue weighted by Gasteiger charge is -2.07. The van der Waals surface area contributed by atoms with Gasteiger partial charge < -0.3 is 4.90 Å². The van der Waals surface area contributed by atoms with Crippen molar-refractivity contribution in [1.29, 1.82) is 0 Å². The van der Waals surface area contributed by atoms with E-state index >= 15 is 0 Å². The normalized spacial score (nSPS) is 15.1. The molecule has 28 heavy (non-hydrogen) atoms. The number of nitrogens with zero attached hydrogens (tertiary/aromatic N) is 5. The van der Waals surface area contributed by atoms with Gasteiger partial charge in [-0.05, 0) is 44.2 Å². The largest absolute Gasteiger partial charge is 0.309 e. The Balaban J connectivity index is 1.67. The Morgan fingerprint density at radius 1 is 1.07 bits per heavy atom. The van der Waals surface area contributed by atoms with Crippen molar-refractivity contribution in [3.05, 3.63) is 76.9 Å². The molecule has 1 aliphatic heterocycles. The van der Waals surface area contributed by atoms with E-state index in [4.69, 9.17) is 0 Å². The zero-order chi connectivity index (χ0) is 19.8. The summed E-state index contributed by atoms with van der Waals surface area (Å²) in [6, 6.07) is 13.6. The number of hydrogen-bond donors (Lipinski definition) is 0. The summed E-state index contributed by atoms with van der Waals surface area (Å²) in [4.78, 5) is 14.0. The maximum Gasteiger partial charge on any atom is 0.279 e. The SMILES string of the molecule is Cc1nn(-c2ccc(F)cc2)c(C)c1/C=N\N=C1\C(=O)N(C)c2ccccc21. The summed E-state index contributed by atoms with van der Waals surface area (Å²) in [5.41, 5.74) is 5.08. The Bertz CT molecular complexity index is 1130. The molecular formula is C21H18FN5O. The van der Waals surface area contributed by atoms with Gasteiger partial charge in [0.05, 0.1) is 29.0 Å². The van der Waals surface area contributed by atoms with Gasteiger partial charge in [0.15, 0.2) is 5.71 Å². The van der Waals surface area contributed by atoms with Crippen LogP contribution < -0.4 is 4.90 Å². The molecule has 0 aliphatic carbocycles. The third kappa shape index (κ3) is 2.90. The van der Waals surface area contributed by atoms with E-state index in [0.29, 0.717) is 5.71 Å². The third-order valence-corrected chi connectivity index (χ3v) is 4.79. The first kappa shape index (κ1) is 17.8. The van der Waals surface area contributed by atoms with Crippen LogP contribution in [-0.2, 0) is 4.79 Å². The van der Waals surface area contributed by atoms with Crippen LogP contribution in [0.15, 0.2) is 58.7 Å². The third-order valence-electron chi connectivity index (χ3n) is 4.79. The number of amides is 1. The second-order valence-corrected chi connectivity index (χ2v) is 6.55. The Labute approximate surface area is 161 Å². The predicted octanol–water partition coefficient (Wildman–Crippen LogP) is 3.43. The van der Waals surface area contributed by atoms with Gasteiger partial charge in [-0.1, -0.05) is 18.2 Å². The maximum atomic E-state index is 13.2. The lowest BCUT2D eigenvalue weighted by Crippen LogP contribution is -2.25. The molecule has 0 bridgehead atoms. The van der Waals surface area contributed by atoms with Crippen LogP contribution in [-0.4, -0.2) is 34.7 Å². The first-order valence-corrected chi connectivity index (χ1v) is 8.78. The number of benzene rings is 2. The van der Waals surface area contributed by atoms with E-state index in [1.165, 1.54) is 12.1 Å². The Morgan fingerprint density at radius 3 is 2.54 bits per heavy atom. The summed E-state index contributed by atoms with van der Waals surface area (Å²) in [5, 5.41) is 12.8. The van der Waals surface area contributed by atoms with Crippen LogP contribution in [0.25, 0.3) is 5.69 Å². The molecule has 6 nitrogen and oxygen atoms in total. The minimum absolute atomic E-state index is 0.186. The average molecular weight is 375 g/mol. The van der Waals surface area contributed by atoms with Crippen LogP contribution in [0, 0.1) is 19.7 Å². The average Bonchev–Trinajstić information content (AvgIpc) is 3.11. The van der Waals surface area contributed by atoms with Gasteiger partial charge in [0.2, 0.25) is 0 Å². The van der Waals surface area contributed by atoms with Crippen molar-refractivity contribution in [1.82, 2.24) is 9.78 Å². The number of fused-ring (bicyclic) bond motifs is 1. The van der Waals surface area contributed by atoms with Gasteiger partial charge >= 0.3 is 0 Å². The van der Waals surface area contributed by atoms with E-state index in [1.54, 1.807) is 35.0 Å². The number of halogens is 1. The van der Waals surface area contributed by atoms with Crippen molar-refractivity contribution in [2.24, 2.45) is 10.2 Å². The minimum Gasteiger partial charge on any atom is -0.309 e. The summed E-state index contributed by atoms with van der Waals surface area (Å²) in [7, 11) is 1.72. The molecule has 1 amide bonds. The molecule has 1 aromatic heterocycles. The van der Waals surface area contributed by atoms with Crippen molar-refractivity contribution in [2.75, 3.05) is 11.9 Å². The molecule has 0 N–H and O–H groups in total. The monoisotopic (exact) mass is 375 g/mol. The van der Waals surface area contributed by atoms with Crippen molar-refractivity contribution < 1.29 is 9.18 Å². The highest BCUT2D eigenvalue weighted by atomic mass is 19.1. The molecule has 0 saturated heterocycles. The number of likely N-dealkylation sites (N-methyl/N-ethyl adjacent to an activating group) is 1. The van der Waals surface area contributed by atoms with Crippen molar-refractivity contribution >= 4 is 23.5 Å². The van der Waals surface area contributed by atoms with Crippen LogP contribution in [0.4, 0.5) is 10.1 Å². The van der Waals surface area contributed by atoms with Gasteiger partial charge in [0, 0.05) is 18.2 Å². The summed E-state index contributed by atoms with van der Waals surface area (Å²) in [6.45, 7) is 3.77. The summed E-state index contributed by atoms with van der Waals surface area (Å²) < 4.78 is 14.9. The second-order valence-electron chi connectivity index (χ2n) is 6.55. The molecule has 0 fully saturated rings. The maximum absolute atomic E-state index is 13.2. The molecule has 2 heterocycles. The van der Waals surface area contributed by atoms with E-state index < -0.39 is 0 Å². The van der Waals surface area contributed by atoms with E-state index in [-0.39, 0.29) is 11.7 Å². The molecule has 0 unspecified atom stereocenters. The lowest BCUT2D eigenvalue weighted by atomic mass is 10.1. The Morgan fingerprint density at radius 2 is 1.79 bits per heavy atom. The van der Waals surface area contributed by atoms with Crippen LogP contribution >= 0.6 is 0 Å². The fraction of sp³-hybridized carbons (Fsp3) is 0.143. The zero-order valence-electron chi connectivity index (χ0n) is 15.7. The molecule has 140 valence electrons. The van der Waals surface area contributed by atoms with Gasteiger partial charge in [-0.2, -0.15) is 10.2 Å². The quantitative estimate of drug-likeness (QED) is 0.520. The Hall–Kier alpha value is -3.61. The number of aromatic nitrogens is 2. The molecule has 1 aliphatic rings. The molecule has 0 radical (unpaired) electrons. The fourth-order valence-corrected chi connectivity index (χ4v) is 3.27. The molecule has 0 saturated carbocycles. The van der Waals surface area contributed by atoms with Gasteiger partial charge in [0.25, 0.3) is 5.91 Å². The summed E-state index contributed by atoms with van der Waals surface area (Å²) >= 11 is 0. The molecule has 7 heteroatoms. The predicted molar refractivity (Wildman–Crippen MR) is 107 cm³/mol. The summed E-state index contributed by atoms with van der Waals surface area (Å²) in [6.07, 6.45) is 1.60. The number of carbonyl (C=O) groups excluding carboxylic acids is 1. The van der Waals surface area contributed by atoms with Crippen molar-refractivity contribution in [3.8, 4) is 5.69 Å². The number of para-hydroxylation sites is 1. The van der Waals surface area contributed by atoms with Crippen LogP contribution in [0.3, 0.4) is 0 Å². The molecular weight excluding hydrogens is 357 g/mol. The number of rotatable bonds is 3. The van der Waals surface area contributed by atoms with Gasteiger partial charge in [0.1, 0.15) is 5.82 Å². The number of hydrogen-bond acceptors (Lipinski definition) is 4. The van der Waals surface area contributed by atoms with E-state index in [9.17, 15) is 9.18 Å². The van der Waals surface area contributed by atoms with E-state index in [0.717, 1.165) is 33.9 Å². The number of anilines is 1. The minimum atomic E-state index is -0.297. The van der Waals surface area contributed by atoms with Crippen LogP contribution in [0.5, 0.6) is 0 Å². The Kier molecular flexibility index (Phi) is 4.35. The van der Waals surface area contributed by atoms with E-state index in [2.05, 4.69) is 15.3 Å². The topological polar surface area (TPSA) is 62.9 Å². The number of carbonyl (C=O) groups is 1. The van der Waals surface area contributed by atoms with Crippen molar-refractivity contribution in [2.45, 2.75) is 13.8 Å². The highest BCUT2D eigenvalue weighted by molar-refractivity contribution is 6.54. The molecule has 3 aromatic rings. The van der Waals surface area contributed by atoms with Gasteiger partial charge in [-0.3, -0.25) is 4.79 Å².